The van der Waals surface area contributed by atoms with Crippen LogP contribution in [0, 0.1) is 5.92 Å². The van der Waals surface area contributed by atoms with Gasteiger partial charge in [0, 0.05) is 24.9 Å². The topological polar surface area (TPSA) is 110 Å². The van der Waals surface area contributed by atoms with Gasteiger partial charge < -0.3 is 15.2 Å². The third kappa shape index (κ3) is 5.94. The molecule has 1 atom stereocenters. The number of alkyl halides is 3. The molecule has 0 bridgehead atoms. The third-order valence-electron chi connectivity index (χ3n) is 5.15. The Labute approximate surface area is 193 Å². The quantitative estimate of drug-likeness (QED) is 0.585. The lowest BCUT2D eigenvalue weighted by Crippen LogP contribution is -2.23. The summed E-state index contributed by atoms with van der Waals surface area (Å²) in [6.45, 7) is 0.729. The van der Waals surface area contributed by atoms with Crippen LogP contribution in [-0.4, -0.2) is 45.8 Å². The van der Waals surface area contributed by atoms with Gasteiger partial charge in [0.15, 0.2) is 0 Å². The van der Waals surface area contributed by atoms with Crippen molar-refractivity contribution in [3.05, 3.63) is 69.5 Å². The number of nitrogens with two attached hydrogens (primary N) is 1. The molecule has 12 heteroatoms. The van der Waals surface area contributed by atoms with Gasteiger partial charge in [0.25, 0.3) is 0 Å². The minimum atomic E-state index is -4.35. The average molecular weight is 478 g/mol. The molecule has 2 aromatic rings. The minimum Gasteiger partial charge on any atom is -0.496 e. The van der Waals surface area contributed by atoms with E-state index < -0.39 is 18.4 Å². The molecule has 0 radical (unpaired) electrons. The number of halogens is 3. The van der Waals surface area contributed by atoms with E-state index in [1.165, 1.54) is 24.9 Å². The number of nitrogens with zero attached hydrogens (tertiary/aromatic N) is 5. The first-order chi connectivity index (χ1) is 16.1. The molecule has 1 unspecified atom stereocenters. The minimum absolute atomic E-state index is 0.0967. The van der Waals surface area contributed by atoms with Crippen LogP contribution < -0.4 is 16.2 Å². The molecule has 0 aliphatic heterocycles. The second-order valence-corrected chi connectivity index (χ2v) is 7.63. The highest BCUT2D eigenvalue weighted by Gasteiger charge is 2.25. The van der Waals surface area contributed by atoms with Gasteiger partial charge >= 0.3 is 11.9 Å². The summed E-state index contributed by atoms with van der Waals surface area (Å²) >= 11 is 0. The Kier molecular flexibility index (Phi) is 7.59. The molecule has 0 amide bonds. The number of aliphatic imine (C=N–C) groups is 1. The lowest BCUT2D eigenvalue weighted by Gasteiger charge is -2.22. The number of rotatable bonds is 8. The maximum atomic E-state index is 12.3. The molecule has 1 aliphatic rings. The zero-order chi connectivity index (χ0) is 24.9. The number of benzene rings is 1. The maximum absolute atomic E-state index is 12.3. The van der Waals surface area contributed by atoms with E-state index in [2.05, 4.69) is 15.4 Å². The lowest BCUT2D eigenvalue weighted by molar-refractivity contribution is -0.118. The van der Waals surface area contributed by atoms with Crippen molar-refractivity contribution in [1.29, 1.82) is 0 Å². The summed E-state index contributed by atoms with van der Waals surface area (Å²) in [5.41, 5.74) is 8.01. The van der Waals surface area contributed by atoms with Crippen molar-refractivity contribution in [3.63, 3.8) is 0 Å². The van der Waals surface area contributed by atoms with Gasteiger partial charge in [-0.25, -0.2) is 4.79 Å². The Morgan fingerprint density at radius 3 is 2.74 bits per heavy atom. The Bertz CT molecular complexity index is 1210. The highest BCUT2D eigenvalue weighted by atomic mass is 19.4. The fraction of sp³-hybridized carbons (Fsp3) is 0.364. The summed E-state index contributed by atoms with van der Waals surface area (Å²) in [4.78, 5) is 15.7. The first kappa shape index (κ1) is 24.8. The third-order valence-corrected chi connectivity index (χ3v) is 5.15. The Morgan fingerprint density at radius 2 is 2.12 bits per heavy atom. The highest BCUT2D eigenvalue weighted by Crippen LogP contribution is 2.30. The van der Waals surface area contributed by atoms with E-state index in [4.69, 9.17) is 15.2 Å². The van der Waals surface area contributed by atoms with Gasteiger partial charge in [0.2, 0.25) is 0 Å². The van der Waals surface area contributed by atoms with E-state index in [0.29, 0.717) is 34.9 Å². The average Bonchev–Trinajstić information content (AvgIpc) is 3.12. The molecule has 34 heavy (non-hydrogen) atoms. The monoisotopic (exact) mass is 478 g/mol. The van der Waals surface area contributed by atoms with Crippen molar-refractivity contribution in [2.24, 2.45) is 23.7 Å². The van der Waals surface area contributed by atoms with Gasteiger partial charge in [-0.2, -0.15) is 22.5 Å². The van der Waals surface area contributed by atoms with Crippen LogP contribution in [0.3, 0.4) is 0 Å². The van der Waals surface area contributed by atoms with E-state index in [0.717, 1.165) is 16.5 Å². The zero-order valence-corrected chi connectivity index (χ0v) is 18.9. The highest BCUT2D eigenvalue weighted by molar-refractivity contribution is 5.72. The van der Waals surface area contributed by atoms with Crippen LogP contribution in [0.4, 0.5) is 13.2 Å². The van der Waals surface area contributed by atoms with E-state index in [-0.39, 0.29) is 12.5 Å². The summed E-state index contributed by atoms with van der Waals surface area (Å²) in [6.07, 6.45) is 2.21. The largest absolute Gasteiger partial charge is 0.496 e. The van der Waals surface area contributed by atoms with Gasteiger partial charge in [-0.15, -0.1) is 0 Å². The predicted octanol–water partition coefficient (Wildman–Crippen LogP) is 2.82. The Hall–Kier alpha value is -3.83. The van der Waals surface area contributed by atoms with Crippen LogP contribution in [0.5, 0.6) is 5.75 Å². The molecular weight excluding hydrogens is 453 g/mol. The Balaban J connectivity index is 1.73. The van der Waals surface area contributed by atoms with Gasteiger partial charge in [0.05, 0.1) is 18.4 Å². The first-order valence-corrected chi connectivity index (χ1v) is 10.3. The van der Waals surface area contributed by atoms with Crippen LogP contribution in [0.2, 0.25) is 0 Å². The van der Waals surface area contributed by atoms with Gasteiger partial charge in [-0.3, -0.25) is 4.99 Å². The van der Waals surface area contributed by atoms with Crippen molar-refractivity contribution in [1.82, 2.24) is 19.8 Å². The summed E-state index contributed by atoms with van der Waals surface area (Å²) in [5.74, 6) is 0.958. The summed E-state index contributed by atoms with van der Waals surface area (Å²) in [7, 11) is 3.02. The molecule has 0 saturated carbocycles. The summed E-state index contributed by atoms with van der Waals surface area (Å²) in [5, 5.41) is 7.64. The molecule has 0 saturated heterocycles. The molecule has 0 spiro atoms. The molecular formula is C22H25F3N6O3. The van der Waals surface area contributed by atoms with Crippen molar-refractivity contribution in [2.75, 3.05) is 13.7 Å². The van der Waals surface area contributed by atoms with E-state index >= 15 is 0 Å². The summed E-state index contributed by atoms with van der Waals surface area (Å²) in [6, 6.07) is 5.21. The number of hydrogen-bond acceptors (Lipinski definition) is 7. The zero-order valence-electron chi connectivity index (χ0n) is 18.9. The van der Waals surface area contributed by atoms with Gasteiger partial charge in [0.1, 0.15) is 24.7 Å². The van der Waals surface area contributed by atoms with Crippen molar-refractivity contribution in [3.8, 4) is 11.4 Å². The molecule has 1 heterocycles. The van der Waals surface area contributed by atoms with E-state index in [9.17, 15) is 18.0 Å². The first-order valence-electron chi connectivity index (χ1n) is 10.3. The molecule has 9 nitrogen and oxygen atoms in total. The number of aryl methyl sites for hydroxylation is 1. The molecule has 1 aliphatic carbocycles. The second kappa shape index (κ2) is 10.4. The van der Waals surface area contributed by atoms with Gasteiger partial charge in [-0.1, -0.05) is 12.1 Å². The standard InChI is InChI=1S/C22H25F3N6O3/c1-14-11-15(17(26)9-10-27-13-22(23,24)25)7-8-19(14)34-12-16-18(5-4-6-20(16)33-3)31-21(32)30(2)28-29-31/h4-10,15H,11-13,26H2,1-3H3. The molecule has 0 fully saturated rings. The number of hydrogen-bond donors (Lipinski definition) is 1. The van der Waals surface area contributed by atoms with E-state index in [1.807, 2.05) is 13.0 Å². The lowest BCUT2D eigenvalue weighted by atomic mass is 9.91. The summed E-state index contributed by atoms with van der Waals surface area (Å²) < 4.78 is 50.3. The van der Waals surface area contributed by atoms with Crippen molar-refractivity contribution in [2.45, 2.75) is 26.1 Å². The fourth-order valence-corrected chi connectivity index (χ4v) is 3.37. The number of aromatic nitrogens is 4. The predicted molar refractivity (Wildman–Crippen MR) is 120 cm³/mol. The van der Waals surface area contributed by atoms with Crippen LogP contribution in [-0.2, 0) is 18.4 Å². The number of methoxy groups -OCH3 is 1. The van der Waals surface area contributed by atoms with Crippen LogP contribution in [0.25, 0.3) is 5.69 Å². The van der Waals surface area contributed by atoms with E-state index in [1.54, 1.807) is 24.3 Å². The number of ether oxygens (including phenoxy) is 2. The molecule has 2 N–H and O–H groups in total. The van der Waals surface area contributed by atoms with Gasteiger partial charge in [-0.05, 0) is 53.6 Å². The van der Waals surface area contributed by atoms with Crippen LogP contribution in [0.15, 0.2) is 63.2 Å². The van der Waals surface area contributed by atoms with Crippen molar-refractivity contribution >= 4 is 6.21 Å². The maximum Gasteiger partial charge on any atom is 0.407 e. The normalized spacial score (nSPS) is 17.0. The fourth-order valence-electron chi connectivity index (χ4n) is 3.37. The van der Waals surface area contributed by atoms with Crippen molar-refractivity contribution < 1.29 is 22.6 Å². The molecule has 1 aromatic heterocycles. The smallest absolute Gasteiger partial charge is 0.407 e. The molecule has 182 valence electrons. The molecule has 3 rings (SSSR count). The van der Waals surface area contributed by atoms with Crippen LogP contribution >= 0.6 is 0 Å². The number of tetrazole rings is 1. The Morgan fingerprint density at radius 1 is 1.35 bits per heavy atom. The number of allylic oxidation sites excluding steroid dienone is 4. The SMILES string of the molecule is COc1cccc(-n2nnn(C)c2=O)c1COC1=C(C)CC(C(N)=CC=NCC(F)(F)F)C=C1. The van der Waals surface area contributed by atoms with Crippen LogP contribution in [0.1, 0.15) is 18.9 Å². The second-order valence-electron chi connectivity index (χ2n) is 7.63. The molecule has 1 aromatic carbocycles.